The minimum absolute atomic E-state index is 1.23. The molecule has 0 aliphatic rings. The largest absolute Gasteiger partial charge is 0.0979 e. The Balaban J connectivity index is 2.65. The van der Waals surface area contributed by atoms with Crippen molar-refractivity contribution in [1.29, 1.82) is 0 Å². The standard InChI is InChI=1S/C2H14P8/c1-3-5-7-9-10-8-6-4-2/h3-10H,1-2H3. The zero-order valence-electron chi connectivity index (χ0n) is 6.00. The fourth-order valence-corrected chi connectivity index (χ4v) is 40.5. The van der Waals surface area contributed by atoms with Crippen LogP contribution in [-0.2, 0) is 0 Å². The first-order valence-corrected chi connectivity index (χ1v) is 18.8. The molecule has 0 aliphatic heterocycles. The maximum Gasteiger partial charge on any atom is -0.0432 e. The SMILES string of the molecule is CPPPPPPPPC. The summed E-state index contributed by atoms with van der Waals surface area (Å²) in [5.41, 5.74) is 0. The minimum atomic E-state index is 1.23. The van der Waals surface area contributed by atoms with Crippen LogP contribution in [0.4, 0.5) is 0 Å². The zero-order chi connectivity index (χ0) is 7.66. The Morgan fingerprint density at radius 1 is 0.500 bits per heavy atom. The van der Waals surface area contributed by atoms with Crippen LogP contribution in [0.3, 0.4) is 0 Å². The van der Waals surface area contributed by atoms with Crippen molar-refractivity contribution < 1.29 is 0 Å². The van der Waals surface area contributed by atoms with Crippen LogP contribution in [0.5, 0.6) is 0 Å². The molecule has 0 aromatic heterocycles. The van der Waals surface area contributed by atoms with Crippen molar-refractivity contribution in [3.8, 4) is 0 Å². The van der Waals surface area contributed by atoms with Gasteiger partial charge in [0, 0.05) is 0 Å². The maximum atomic E-state index is 2.33. The van der Waals surface area contributed by atoms with Crippen LogP contribution in [0.25, 0.3) is 0 Å². The van der Waals surface area contributed by atoms with Gasteiger partial charge in [-0.15, -0.1) is 0 Å². The summed E-state index contributed by atoms with van der Waals surface area (Å²) in [6.07, 6.45) is 0. The second kappa shape index (κ2) is 12.4. The normalized spacial score (nSPS) is 19.8. The first kappa shape index (κ1) is 13.4. The molecule has 8 atom stereocenters. The molecule has 0 aliphatic carbocycles. The van der Waals surface area contributed by atoms with Crippen LogP contribution in [0.2, 0.25) is 0 Å². The molecule has 0 bridgehead atoms. The van der Waals surface area contributed by atoms with E-state index in [1.165, 1.54) is 64.3 Å². The lowest BCUT2D eigenvalue weighted by Crippen LogP contribution is -1.15. The lowest BCUT2D eigenvalue weighted by atomic mass is 12.0. The van der Waals surface area contributed by atoms with Crippen molar-refractivity contribution in [1.82, 2.24) is 0 Å². The third-order valence-electron chi connectivity index (χ3n) is 0.562. The van der Waals surface area contributed by atoms with Gasteiger partial charge in [0.05, 0.1) is 0 Å². The van der Waals surface area contributed by atoms with E-state index in [2.05, 4.69) is 13.3 Å². The Bertz CT molecular complexity index is 47.2. The highest BCUT2D eigenvalue weighted by Gasteiger charge is 1.85. The minimum Gasteiger partial charge on any atom is -0.0979 e. The van der Waals surface area contributed by atoms with E-state index in [9.17, 15) is 0 Å². The van der Waals surface area contributed by atoms with Gasteiger partial charge >= 0.3 is 0 Å². The Hall–Kier alpha value is 3.44. The lowest BCUT2D eigenvalue weighted by Gasteiger charge is -1.99. The fourth-order valence-electron chi connectivity index (χ4n) is 0.250. The molecule has 0 saturated heterocycles. The summed E-state index contributed by atoms with van der Waals surface area (Å²) in [5.74, 6) is 0. The Morgan fingerprint density at radius 3 is 1.10 bits per heavy atom. The van der Waals surface area contributed by atoms with E-state index in [0.29, 0.717) is 0 Å². The second-order valence-corrected chi connectivity index (χ2v) is 24.8. The van der Waals surface area contributed by atoms with Crippen molar-refractivity contribution in [3.05, 3.63) is 0 Å². The summed E-state index contributed by atoms with van der Waals surface area (Å²) >= 11 is 0. The molecule has 0 aromatic carbocycles. The van der Waals surface area contributed by atoms with Gasteiger partial charge in [0.2, 0.25) is 0 Å². The van der Waals surface area contributed by atoms with Gasteiger partial charge in [-0.25, -0.2) is 0 Å². The topological polar surface area (TPSA) is 0 Å². The molecule has 0 amide bonds. The molecule has 8 unspecified atom stereocenters. The van der Waals surface area contributed by atoms with Crippen LogP contribution in [0.1, 0.15) is 0 Å². The van der Waals surface area contributed by atoms with Crippen LogP contribution in [0.15, 0.2) is 0 Å². The highest BCUT2D eigenvalue weighted by molar-refractivity contribution is 8.81. The molecular formula is C2H14P8. The number of rotatable bonds is 7. The van der Waals surface area contributed by atoms with Gasteiger partial charge in [-0.3, -0.25) is 0 Å². The summed E-state index contributed by atoms with van der Waals surface area (Å²) in [5, 5.41) is 0. The molecule has 0 rings (SSSR count). The third kappa shape index (κ3) is 11.4. The van der Waals surface area contributed by atoms with Gasteiger partial charge in [-0.2, -0.15) is 0 Å². The van der Waals surface area contributed by atoms with Crippen LogP contribution in [0, 0.1) is 0 Å². The monoisotopic (exact) mass is 286 g/mol. The zero-order valence-corrected chi connectivity index (χ0v) is 14.0. The van der Waals surface area contributed by atoms with Crippen molar-refractivity contribution in [3.63, 3.8) is 0 Å². The lowest BCUT2D eigenvalue weighted by molar-refractivity contribution is 2.51. The van der Waals surface area contributed by atoms with Gasteiger partial charge in [0.25, 0.3) is 0 Å². The molecule has 0 aromatic rings. The molecule has 0 fully saturated rings. The fraction of sp³-hybridized carbons (Fsp3) is 1.00. The molecule has 8 heteroatoms. The van der Waals surface area contributed by atoms with Gasteiger partial charge in [0.15, 0.2) is 0 Å². The predicted octanol–water partition coefficient (Wildman–Crippen LogP) is 5.08. The Kier molecular flexibility index (Phi) is 16.7. The summed E-state index contributed by atoms with van der Waals surface area (Å²) in [6.45, 7) is 4.66. The molecule has 0 saturated carbocycles. The van der Waals surface area contributed by atoms with E-state index in [1.807, 2.05) is 0 Å². The van der Waals surface area contributed by atoms with Crippen molar-refractivity contribution in [2.45, 2.75) is 0 Å². The van der Waals surface area contributed by atoms with Gasteiger partial charge < -0.3 is 0 Å². The first-order chi connectivity index (χ1) is 4.91. The van der Waals surface area contributed by atoms with Gasteiger partial charge in [-0.1, -0.05) is 64.3 Å². The number of hydrogen-bond acceptors (Lipinski definition) is 0. The van der Waals surface area contributed by atoms with E-state index in [0.717, 1.165) is 0 Å². The molecule has 0 nitrogen and oxygen atoms in total. The van der Waals surface area contributed by atoms with Crippen molar-refractivity contribution in [2.75, 3.05) is 13.3 Å². The van der Waals surface area contributed by atoms with Gasteiger partial charge in [0.1, 0.15) is 0 Å². The van der Waals surface area contributed by atoms with E-state index < -0.39 is 0 Å². The van der Waals surface area contributed by atoms with Gasteiger partial charge in [-0.05, 0) is 13.3 Å². The average Bonchev–Trinajstić information content (AvgIpc) is 1.97. The summed E-state index contributed by atoms with van der Waals surface area (Å²) in [6, 6.07) is 0. The molecule has 0 N–H and O–H groups in total. The second-order valence-electron chi connectivity index (χ2n) is 1.25. The summed E-state index contributed by atoms with van der Waals surface area (Å²) < 4.78 is 0. The highest BCUT2D eigenvalue weighted by atomic mass is 32.9. The molecule has 0 radical (unpaired) electrons. The molecule has 62 valence electrons. The van der Waals surface area contributed by atoms with E-state index in [1.54, 1.807) is 0 Å². The van der Waals surface area contributed by atoms with Crippen molar-refractivity contribution >= 4 is 64.3 Å². The van der Waals surface area contributed by atoms with E-state index in [4.69, 9.17) is 0 Å². The quantitative estimate of drug-likeness (QED) is 0.452. The summed E-state index contributed by atoms with van der Waals surface area (Å²) in [7, 11) is 10.5. The predicted molar refractivity (Wildman–Crippen MR) is 78.4 cm³/mol. The van der Waals surface area contributed by atoms with Crippen LogP contribution < -0.4 is 0 Å². The summed E-state index contributed by atoms with van der Waals surface area (Å²) in [4.78, 5) is 0. The highest BCUT2D eigenvalue weighted by Crippen LogP contribution is 2.77. The molecular weight excluding hydrogens is 272 g/mol. The van der Waals surface area contributed by atoms with E-state index >= 15 is 0 Å². The van der Waals surface area contributed by atoms with Crippen molar-refractivity contribution in [2.24, 2.45) is 0 Å². The van der Waals surface area contributed by atoms with E-state index in [-0.39, 0.29) is 0 Å². The third-order valence-corrected chi connectivity index (χ3v) is 32.1. The molecule has 10 heavy (non-hydrogen) atoms. The first-order valence-electron chi connectivity index (χ1n) is 2.75. The number of hydrogen-bond donors (Lipinski definition) is 0. The Labute approximate surface area is 77.7 Å². The maximum absolute atomic E-state index is 2.33. The molecule has 0 heterocycles. The average molecular weight is 286 g/mol. The smallest absolute Gasteiger partial charge is 0.0432 e. The van der Waals surface area contributed by atoms with Crippen LogP contribution in [-0.4, -0.2) is 13.3 Å². The van der Waals surface area contributed by atoms with Crippen LogP contribution >= 0.6 is 64.3 Å². The Morgan fingerprint density at radius 2 is 0.800 bits per heavy atom. The molecule has 0 spiro atoms.